The number of ether oxygens (including phenoxy) is 1. The molecule has 4 rings (SSSR count). The van der Waals surface area contributed by atoms with Crippen LogP contribution >= 0.6 is 0 Å². The quantitative estimate of drug-likeness (QED) is 0.836. The summed E-state index contributed by atoms with van der Waals surface area (Å²) in [4.78, 5) is 25.9. The summed E-state index contributed by atoms with van der Waals surface area (Å²) >= 11 is 0. The van der Waals surface area contributed by atoms with Gasteiger partial charge in [-0.05, 0) is 18.4 Å². The fourth-order valence-corrected chi connectivity index (χ4v) is 4.17. The molecule has 23 heavy (non-hydrogen) atoms. The molecule has 0 aliphatic carbocycles. The molecule has 3 heterocycles. The van der Waals surface area contributed by atoms with Crippen LogP contribution in [0, 0.1) is 11.8 Å². The minimum atomic E-state index is -0.939. The smallest absolute Gasteiger partial charge is 0.310 e. The van der Waals surface area contributed by atoms with Crippen LogP contribution in [0.1, 0.15) is 12.0 Å². The van der Waals surface area contributed by atoms with Crippen molar-refractivity contribution in [3.63, 3.8) is 0 Å². The normalized spacial score (nSPS) is 34.2. The summed E-state index contributed by atoms with van der Waals surface area (Å²) in [5, 5.41) is 9.42. The molecule has 0 radical (unpaired) electrons. The molecule has 120 valence electrons. The Hall–Kier alpha value is -2.14. The van der Waals surface area contributed by atoms with Gasteiger partial charge in [-0.1, -0.05) is 42.5 Å². The molecule has 1 spiro atoms. The third-order valence-corrected chi connectivity index (χ3v) is 5.20. The summed E-state index contributed by atoms with van der Waals surface area (Å²) in [5.74, 6) is -2.32. The average Bonchev–Trinajstić information content (AvgIpc) is 3.17. The minimum absolute atomic E-state index is 0.0719. The van der Waals surface area contributed by atoms with E-state index in [1.807, 2.05) is 24.3 Å². The number of amides is 1. The van der Waals surface area contributed by atoms with E-state index >= 15 is 0 Å². The van der Waals surface area contributed by atoms with Crippen molar-refractivity contribution in [1.82, 2.24) is 4.90 Å². The fraction of sp³-hybridized carbons (Fsp3) is 0.444. The number of hydrogen-bond donors (Lipinski definition) is 1. The zero-order chi connectivity index (χ0) is 16.0. The van der Waals surface area contributed by atoms with Gasteiger partial charge in [0.25, 0.3) is 0 Å². The molecule has 1 amide bonds. The molecular formula is C18H19NO4. The first-order valence-corrected chi connectivity index (χ1v) is 8.03. The zero-order valence-corrected chi connectivity index (χ0v) is 12.7. The van der Waals surface area contributed by atoms with E-state index in [0.717, 1.165) is 12.8 Å². The number of likely N-dealkylation sites (tertiary alicyclic amines) is 1. The predicted octanol–water partition coefficient (Wildman–Crippen LogP) is 1.49. The highest BCUT2D eigenvalue weighted by molar-refractivity contribution is 5.90. The van der Waals surface area contributed by atoms with E-state index in [1.165, 1.54) is 5.56 Å². The van der Waals surface area contributed by atoms with E-state index in [1.54, 1.807) is 11.0 Å². The van der Waals surface area contributed by atoms with Crippen molar-refractivity contribution in [2.75, 3.05) is 13.1 Å². The van der Waals surface area contributed by atoms with Crippen molar-refractivity contribution in [1.29, 1.82) is 0 Å². The van der Waals surface area contributed by atoms with Crippen molar-refractivity contribution < 1.29 is 19.4 Å². The monoisotopic (exact) mass is 313 g/mol. The molecule has 1 aromatic carbocycles. The molecule has 3 aliphatic rings. The first-order valence-electron chi connectivity index (χ1n) is 8.03. The SMILES string of the molecule is O=C(O)C1C2C=CC3(CN(CCCc4ccccc4)C(=O)C13)O2. The lowest BCUT2D eigenvalue weighted by molar-refractivity contribution is -0.148. The summed E-state index contributed by atoms with van der Waals surface area (Å²) in [6.07, 6.45) is 5.02. The van der Waals surface area contributed by atoms with Gasteiger partial charge in [-0.15, -0.1) is 0 Å². The van der Waals surface area contributed by atoms with Gasteiger partial charge < -0.3 is 14.7 Å². The molecule has 2 bridgehead atoms. The van der Waals surface area contributed by atoms with Gasteiger partial charge in [-0.25, -0.2) is 0 Å². The summed E-state index contributed by atoms with van der Waals surface area (Å²) in [6, 6.07) is 10.2. The van der Waals surface area contributed by atoms with Crippen LogP contribution in [0.5, 0.6) is 0 Å². The Kier molecular flexibility index (Phi) is 3.27. The molecule has 1 N–H and O–H groups in total. The lowest BCUT2D eigenvalue weighted by Crippen LogP contribution is -2.39. The number of aryl methyl sites for hydroxylation is 1. The summed E-state index contributed by atoms with van der Waals surface area (Å²) in [5.41, 5.74) is 0.537. The second-order valence-corrected chi connectivity index (χ2v) is 6.59. The first kappa shape index (κ1) is 14.5. The van der Waals surface area contributed by atoms with Crippen LogP contribution in [0.15, 0.2) is 42.5 Å². The number of carbonyl (C=O) groups is 2. The van der Waals surface area contributed by atoms with Gasteiger partial charge in [0.15, 0.2) is 0 Å². The maximum Gasteiger partial charge on any atom is 0.310 e. The van der Waals surface area contributed by atoms with Gasteiger partial charge in [0.05, 0.1) is 18.6 Å². The standard InChI is InChI=1S/C18H19NO4/c20-16-15-14(17(21)22)13-8-9-18(15,23-13)11-19(16)10-4-7-12-5-2-1-3-6-12/h1-3,5-6,8-9,13-15H,4,7,10-11H2,(H,21,22). The Morgan fingerprint density at radius 1 is 1.35 bits per heavy atom. The number of carboxylic acids is 1. The highest BCUT2D eigenvalue weighted by Crippen LogP contribution is 2.51. The number of fused-ring (bicyclic) bond motifs is 1. The largest absolute Gasteiger partial charge is 0.481 e. The molecule has 2 saturated heterocycles. The molecule has 0 aromatic heterocycles. The Labute approximate surface area is 134 Å². The van der Waals surface area contributed by atoms with Crippen LogP contribution in [-0.2, 0) is 20.7 Å². The second kappa shape index (κ2) is 5.20. The van der Waals surface area contributed by atoms with Crippen LogP contribution in [0.3, 0.4) is 0 Å². The Morgan fingerprint density at radius 2 is 2.13 bits per heavy atom. The molecular weight excluding hydrogens is 294 g/mol. The summed E-state index contributed by atoms with van der Waals surface area (Å²) in [7, 11) is 0. The van der Waals surface area contributed by atoms with Crippen molar-refractivity contribution in [2.45, 2.75) is 24.5 Å². The van der Waals surface area contributed by atoms with E-state index in [9.17, 15) is 14.7 Å². The van der Waals surface area contributed by atoms with Crippen LogP contribution in [-0.4, -0.2) is 46.7 Å². The van der Waals surface area contributed by atoms with Gasteiger partial charge in [0, 0.05) is 6.54 Å². The van der Waals surface area contributed by atoms with E-state index in [0.29, 0.717) is 13.1 Å². The van der Waals surface area contributed by atoms with Crippen molar-refractivity contribution in [2.24, 2.45) is 11.8 Å². The molecule has 4 unspecified atom stereocenters. The van der Waals surface area contributed by atoms with Crippen molar-refractivity contribution in [3.8, 4) is 0 Å². The first-order chi connectivity index (χ1) is 11.1. The van der Waals surface area contributed by atoms with Gasteiger partial charge in [-0.3, -0.25) is 9.59 Å². The van der Waals surface area contributed by atoms with Crippen LogP contribution < -0.4 is 0 Å². The molecule has 1 aromatic rings. The van der Waals surface area contributed by atoms with Crippen LogP contribution in [0.4, 0.5) is 0 Å². The van der Waals surface area contributed by atoms with Gasteiger partial charge in [0.2, 0.25) is 5.91 Å². The van der Waals surface area contributed by atoms with Crippen LogP contribution in [0.2, 0.25) is 0 Å². The Morgan fingerprint density at radius 3 is 2.87 bits per heavy atom. The predicted molar refractivity (Wildman–Crippen MR) is 82.7 cm³/mol. The minimum Gasteiger partial charge on any atom is -0.481 e. The Balaban J connectivity index is 1.44. The third-order valence-electron chi connectivity index (χ3n) is 5.20. The molecule has 2 fully saturated rings. The topological polar surface area (TPSA) is 66.8 Å². The molecule has 0 saturated carbocycles. The van der Waals surface area contributed by atoms with Gasteiger partial charge in [0.1, 0.15) is 11.5 Å². The van der Waals surface area contributed by atoms with E-state index in [2.05, 4.69) is 12.1 Å². The van der Waals surface area contributed by atoms with Gasteiger partial charge >= 0.3 is 5.97 Å². The number of rotatable bonds is 5. The van der Waals surface area contributed by atoms with Gasteiger partial charge in [-0.2, -0.15) is 0 Å². The summed E-state index contributed by atoms with van der Waals surface area (Å²) in [6.45, 7) is 1.11. The van der Waals surface area contributed by atoms with E-state index in [4.69, 9.17) is 4.74 Å². The van der Waals surface area contributed by atoms with Crippen molar-refractivity contribution >= 4 is 11.9 Å². The van der Waals surface area contributed by atoms with Crippen LogP contribution in [0.25, 0.3) is 0 Å². The summed E-state index contributed by atoms with van der Waals surface area (Å²) < 4.78 is 5.87. The number of hydrogen-bond acceptors (Lipinski definition) is 3. The van der Waals surface area contributed by atoms with E-state index < -0.39 is 29.5 Å². The number of carboxylic acid groups (broad SMARTS) is 1. The number of aliphatic carboxylic acids is 1. The lowest BCUT2D eigenvalue weighted by Gasteiger charge is -2.21. The van der Waals surface area contributed by atoms with Crippen molar-refractivity contribution in [3.05, 3.63) is 48.0 Å². The number of carbonyl (C=O) groups excluding carboxylic acids is 1. The number of benzene rings is 1. The molecule has 5 nitrogen and oxygen atoms in total. The van der Waals surface area contributed by atoms with E-state index in [-0.39, 0.29) is 5.91 Å². The Bertz CT molecular complexity index is 671. The average molecular weight is 313 g/mol. The highest BCUT2D eigenvalue weighted by Gasteiger charge is 2.66. The molecule has 5 heteroatoms. The maximum atomic E-state index is 12.7. The lowest BCUT2D eigenvalue weighted by atomic mass is 9.77. The highest BCUT2D eigenvalue weighted by atomic mass is 16.5. The number of nitrogens with zero attached hydrogens (tertiary/aromatic N) is 1. The maximum absolute atomic E-state index is 12.7. The third kappa shape index (κ3) is 2.18. The molecule has 4 atom stereocenters. The fourth-order valence-electron chi connectivity index (χ4n) is 4.17. The second-order valence-electron chi connectivity index (χ2n) is 6.59. The molecule has 3 aliphatic heterocycles. The zero-order valence-electron chi connectivity index (χ0n) is 12.7.